The molecule has 3 rings (SSSR count). The van der Waals surface area contributed by atoms with E-state index < -0.39 is 0 Å². The molecule has 0 atom stereocenters. The molecule has 0 unspecified atom stereocenters. The van der Waals surface area contributed by atoms with Crippen molar-refractivity contribution in [1.29, 1.82) is 0 Å². The van der Waals surface area contributed by atoms with Gasteiger partial charge in [-0.2, -0.15) is 0 Å². The van der Waals surface area contributed by atoms with Crippen molar-refractivity contribution in [2.45, 2.75) is 39.3 Å². The molecule has 0 aliphatic rings. The first-order valence-electron chi connectivity index (χ1n) is 9.02. The van der Waals surface area contributed by atoms with Gasteiger partial charge < -0.3 is 14.4 Å². The number of ether oxygens (including phenoxy) is 1. The van der Waals surface area contributed by atoms with E-state index in [1.807, 2.05) is 39.7 Å². The third-order valence-corrected chi connectivity index (χ3v) is 4.62. The van der Waals surface area contributed by atoms with Gasteiger partial charge in [-0.1, -0.05) is 5.21 Å². The normalized spacial score (nSPS) is 10.9. The monoisotopic (exact) mass is 368 g/mol. The molecule has 3 aromatic rings. The van der Waals surface area contributed by atoms with E-state index in [9.17, 15) is 9.90 Å². The molecule has 7 heteroatoms. The van der Waals surface area contributed by atoms with Crippen molar-refractivity contribution in [3.63, 3.8) is 0 Å². The topological polar surface area (TPSA) is 82.2 Å². The lowest BCUT2D eigenvalue weighted by atomic mass is 10.1. The SMILES string of the molecule is COc1ccc(-c2cn(CCCCCn3ccc(=O)c(O)c3C)nn2)cc1. The molecule has 1 aromatic carbocycles. The number of benzene rings is 1. The third kappa shape index (κ3) is 4.55. The van der Waals surface area contributed by atoms with Crippen LogP contribution in [-0.4, -0.2) is 31.8 Å². The van der Waals surface area contributed by atoms with Gasteiger partial charge in [0.05, 0.1) is 19.0 Å². The van der Waals surface area contributed by atoms with Gasteiger partial charge in [0.25, 0.3) is 0 Å². The maximum Gasteiger partial charge on any atom is 0.223 e. The first-order valence-corrected chi connectivity index (χ1v) is 9.02. The lowest BCUT2D eigenvalue weighted by Gasteiger charge is -2.11. The summed E-state index contributed by atoms with van der Waals surface area (Å²) in [5.41, 5.74) is 2.14. The number of methoxy groups -OCH3 is 1. The summed E-state index contributed by atoms with van der Waals surface area (Å²) in [6.45, 7) is 3.33. The summed E-state index contributed by atoms with van der Waals surface area (Å²) in [5, 5.41) is 18.1. The third-order valence-electron chi connectivity index (χ3n) is 4.62. The van der Waals surface area contributed by atoms with Crippen LogP contribution in [0.5, 0.6) is 11.5 Å². The molecule has 0 aliphatic heterocycles. The minimum absolute atomic E-state index is 0.161. The second kappa shape index (κ2) is 8.53. The number of unbranched alkanes of at least 4 members (excludes halogenated alkanes) is 2. The zero-order valence-corrected chi connectivity index (χ0v) is 15.6. The molecule has 2 heterocycles. The van der Waals surface area contributed by atoms with Crippen molar-refractivity contribution >= 4 is 0 Å². The van der Waals surface area contributed by atoms with Crippen molar-refractivity contribution in [3.05, 3.63) is 58.6 Å². The van der Waals surface area contributed by atoms with E-state index in [2.05, 4.69) is 10.3 Å². The summed E-state index contributed by atoms with van der Waals surface area (Å²) in [6.07, 6.45) is 6.64. The number of pyridine rings is 1. The maximum absolute atomic E-state index is 11.4. The minimum Gasteiger partial charge on any atom is -0.503 e. The smallest absolute Gasteiger partial charge is 0.223 e. The molecule has 0 spiro atoms. The molecule has 1 N–H and O–H groups in total. The van der Waals surface area contributed by atoms with Crippen molar-refractivity contribution in [3.8, 4) is 22.8 Å². The summed E-state index contributed by atoms with van der Waals surface area (Å²) < 4.78 is 8.93. The molecule has 0 amide bonds. The number of nitrogens with zero attached hydrogens (tertiary/aromatic N) is 4. The van der Waals surface area contributed by atoms with E-state index in [1.54, 1.807) is 20.2 Å². The van der Waals surface area contributed by atoms with Crippen LogP contribution in [0.3, 0.4) is 0 Å². The number of hydrogen-bond acceptors (Lipinski definition) is 5. The average Bonchev–Trinajstić information content (AvgIpc) is 3.16. The predicted molar refractivity (Wildman–Crippen MR) is 103 cm³/mol. The highest BCUT2D eigenvalue weighted by molar-refractivity contribution is 5.58. The second-order valence-electron chi connectivity index (χ2n) is 6.46. The highest BCUT2D eigenvalue weighted by Crippen LogP contribution is 2.20. The second-order valence-corrected chi connectivity index (χ2v) is 6.46. The van der Waals surface area contributed by atoms with Crippen LogP contribution in [-0.2, 0) is 13.1 Å². The van der Waals surface area contributed by atoms with E-state index in [1.165, 1.54) is 6.07 Å². The Bertz CT molecular complexity index is 945. The van der Waals surface area contributed by atoms with Gasteiger partial charge >= 0.3 is 0 Å². The molecule has 0 bridgehead atoms. The van der Waals surface area contributed by atoms with Crippen LogP contribution in [0, 0.1) is 6.92 Å². The van der Waals surface area contributed by atoms with Gasteiger partial charge in [0, 0.05) is 30.9 Å². The first-order chi connectivity index (χ1) is 13.1. The van der Waals surface area contributed by atoms with Crippen LogP contribution >= 0.6 is 0 Å². The minimum atomic E-state index is -0.331. The Balaban J connectivity index is 1.46. The van der Waals surface area contributed by atoms with Crippen molar-refractivity contribution < 1.29 is 9.84 Å². The maximum atomic E-state index is 11.4. The summed E-state index contributed by atoms with van der Waals surface area (Å²) >= 11 is 0. The molecule has 7 nitrogen and oxygen atoms in total. The van der Waals surface area contributed by atoms with Gasteiger partial charge in [-0.05, 0) is 50.5 Å². The van der Waals surface area contributed by atoms with Crippen molar-refractivity contribution in [2.24, 2.45) is 0 Å². The van der Waals surface area contributed by atoms with Gasteiger partial charge in [0.2, 0.25) is 5.43 Å². The number of aromatic nitrogens is 4. The Morgan fingerprint density at radius 1 is 1.07 bits per heavy atom. The van der Waals surface area contributed by atoms with E-state index in [0.29, 0.717) is 5.69 Å². The van der Waals surface area contributed by atoms with Crippen LogP contribution in [0.15, 0.2) is 47.5 Å². The zero-order valence-electron chi connectivity index (χ0n) is 15.6. The van der Waals surface area contributed by atoms with Gasteiger partial charge in [0.1, 0.15) is 11.4 Å². The van der Waals surface area contributed by atoms with Gasteiger partial charge in [-0.25, -0.2) is 0 Å². The molecule has 0 fully saturated rings. The van der Waals surface area contributed by atoms with Gasteiger partial charge in [0.15, 0.2) is 5.75 Å². The molecule has 142 valence electrons. The number of hydrogen-bond donors (Lipinski definition) is 1. The zero-order chi connectivity index (χ0) is 19.2. The molecule has 0 saturated heterocycles. The average molecular weight is 368 g/mol. The predicted octanol–water partition coefficient (Wildman–Crippen LogP) is 3.00. The standard InChI is InChI=1S/C20H24N4O3/c1-15-20(26)19(25)10-13-23(15)11-4-3-5-12-24-14-18(21-22-24)16-6-8-17(27-2)9-7-16/h6-10,13-14,26H,3-5,11-12H2,1-2H3. The van der Waals surface area contributed by atoms with Gasteiger partial charge in [-0.3, -0.25) is 9.48 Å². The van der Waals surface area contributed by atoms with E-state index in [-0.39, 0.29) is 11.2 Å². The first kappa shape index (κ1) is 18.7. The van der Waals surface area contributed by atoms with Crippen molar-refractivity contribution in [2.75, 3.05) is 7.11 Å². The fraction of sp³-hybridized carbons (Fsp3) is 0.350. The Morgan fingerprint density at radius 3 is 2.56 bits per heavy atom. The quantitative estimate of drug-likeness (QED) is 0.618. The Morgan fingerprint density at radius 2 is 1.81 bits per heavy atom. The van der Waals surface area contributed by atoms with Crippen LogP contribution in [0.1, 0.15) is 25.0 Å². The van der Waals surface area contributed by atoms with E-state index in [4.69, 9.17) is 4.74 Å². The molecule has 2 aromatic heterocycles. The molecule has 0 radical (unpaired) electrons. The highest BCUT2D eigenvalue weighted by Gasteiger charge is 2.06. The molecule has 0 saturated carbocycles. The molecular weight excluding hydrogens is 344 g/mol. The Hall–Kier alpha value is -3.09. The molecule has 0 aliphatic carbocycles. The van der Waals surface area contributed by atoms with E-state index >= 15 is 0 Å². The summed E-state index contributed by atoms with van der Waals surface area (Å²) in [5.74, 6) is 0.656. The van der Waals surface area contributed by atoms with E-state index in [0.717, 1.165) is 49.4 Å². The van der Waals surface area contributed by atoms with Crippen LogP contribution in [0.2, 0.25) is 0 Å². The summed E-state index contributed by atoms with van der Waals surface area (Å²) in [4.78, 5) is 11.4. The summed E-state index contributed by atoms with van der Waals surface area (Å²) in [7, 11) is 1.65. The summed E-state index contributed by atoms with van der Waals surface area (Å²) in [6, 6.07) is 9.15. The number of aryl methyl sites for hydroxylation is 2. The lowest BCUT2D eigenvalue weighted by Crippen LogP contribution is -2.10. The fourth-order valence-electron chi connectivity index (χ4n) is 2.94. The van der Waals surface area contributed by atoms with Crippen molar-refractivity contribution in [1.82, 2.24) is 19.6 Å². The number of aromatic hydroxyl groups is 1. The molecule has 27 heavy (non-hydrogen) atoms. The Labute approximate surface area is 157 Å². The Kier molecular flexibility index (Phi) is 5.90. The lowest BCUT2D eigenvalue weighted by molar-refractivity contribution is 0.415. The van der Waals surface area contributed by atoms with Crippen LogP contribution in [0.4, 0.5) is 0 Å². The largest absolute Gasteiger partial charge is 0.503 e. The number of rotatable bonds is 8. The highest BCUT2D eigenvalue weighted by atomic mass is 16.5. The molecular formula is C20H24N4O3. The fourth-order valence-corrected chi connectivity index (χ4v) is 2.94. The van der Waals surface area contributed by atoms with Gasteiger partial charge in [-0.15, -0.1) is 5.10 Å². The van der Waals surface area contributed by atoms with Crippen LogP contribution < -0.4 is 10.2 Å². The van der Waals surface area contributed by atoms with Crippen LogP contribution in [0.25, 0.3) is 11.3 Å².